The van der Waals surface area contributed by atoms with Gasteiger partial charge in [0.25, 0.3) is 0 Å². The summed E-state index contributed by atoms with van der Waals surface area (Å²) < 4.78 is 0. The Labute approximate surface area is 87.6 Å². The summed E-state index contributed by atoms with van der Waals surface area (Å²) >= 11 is 0. The average molecular weight is 194 g/mol. The third kappa shape index (κ3) is 3.28. The summed E-state index contributed by atoms with van der Waals surface area (Å²) in [5, 5.41) is 0. The molecular weight excluding hydrogens is 172 g/mol. The smallest absolute Gasteiger partial charge is 0.120 e. The van der Waals surface area contributed by atoms with E-state index in [2.05, 4.69) is 26.8 Å². The molecule has 0 aromatic carbocycles. The van der Waals surface area contributed by atoms with E-state index in [4.69, 9.17) is 0 Å². The SMILES string of the molecule is CC1CC(C)(C)CC1=CCCCC=O. The molecular formula is C13H22O. The van der Waals surface area contributed by atoms with Crippen molar-refractivity contribution in [2.75, 3.05) is 0 Å². The Hall–Kier alpha value is -0.590. The minimum absolute atomic E-state index is 0.496. The predicted octanol–water partition coefficient (Wildman–Crippen LogP) is 3.74. The molecule has 0 aromatic rings. The molecule has 0 heterocycles. The van der Waals surface area contributed by atoms with Gasteiger partial charge < -0.3 is 4.79 Å². The lowest BCUT2D eigenvalue weighted by molar-refractivity contribution is -0.107. The molecule has 1 heteroatoms. The van der Waals surface area contributed by atoms with Gasteiger partial charge in [0.15, 0.2) is 0 Å². The maximum atomic E-state index is 10.1. The van der Waals surface area contributed by atoms with Crippen LogP contribution in [0.4, 0.5) is 0 Å². The van der Waals surface area contributed by atoms with Crippen molar-refractivity contribution in [3.63, 3.8) is 0 Å². The molecule has 0 aliphatic heterocycles. The highest BCUT2D eigenvalue weighted by molar-refractivity contribution is 5.49. The highest BCUT2D eigenvalue weighted by Gasteiger charge is 2.31. The van der Waals surface area contributed by atoms with Gasteiger partial charge in [0.2, 0.25) is 0 Å². The van der Waals surface area contributed by atoms with Gasteiger partial charge >= 0.3 is 0 Å². The summed E-state index contributed by atoms with van der Waals surface area (Å²) in [4.78, 5) is 10.1. The lowest BCUT2D eigenvalue weighted by Crippen LogP contribution is -2.03. The summed E-state index contributed by atoms with van der Waals surface area (Å²) in [6.45, 7) is 7.01. The predicted molar refractivity (Wildman–Crippen MR) is 60.2 cm³/mol. The summed E-state index contributed by atoms with van der Waals surface area (Å²) in [5.74, 6) is 0.751. The first kappa shape index (κ1) is 11.5. The third-order valence-electron chi connectivity index (χ3n) is 3.11. The van der Waals surface area contributed by atoms with E-state index >= 15 is 0 Å². The number of allylic oxidation sites excluding steroid dienone is 2. The van der Waals surface area contributed by atoms with Crippen LogP contribution in [-0.4, -0.2) is 6.29 Å². The lowest BCUT2D eigenvalue weighted by atomic mass is 9.91. The van der Waals surface area contributed by atoms with Crippen LogP contribution in [0, 0.1) is 11.3 Å². The van der Waals surface area contributed by atoms with Crippen molar-refractivity contribution >= 4 is 6.29 Å². The van der Waals surface area contributed by atoms with Crippen molar-refractivity contribution in [3.05, 3.63) is 11.6 Å². The molecule has 0 radical (unpaired) electrons. The van der Waals surface area contributed by atoms with E-state index < -0.39 is 0 Å². The molecule has 1 saturated carbocycles. The second-order valence-electron chi connectivity index (χ2n) is 5.32. The topological polar surface area (TPSA) is 17.1 Å². The fourth-order valence-corrected chi connectivity index (χ4v) is 2.52. The largest absolute Gasteiger partial charge is 0.303 e. The van der Waals surface area contributed by atoms with Crippen LogP contribution in [0.3, 0.4) is 0 Å². The molecule has 0 N–H and O–H groups in total. The maximum absolute atomic E-state index is 10.1. The van der Waals surface area contributed by atoms with Gasteiger partial charge in [-0.05, 0) is 37.0 Å². The zero-order valence-electron chi connectivity index (χ0n) is 9.68. The van der Waals surface area contributed by atoms with Crippen LogP contribution in [0.15, 0.2) is 11.6 Å². The van der Waals surface area contributed by atoms with Crippen molar-refractivity contribution < 1.29 is 4.79 Å². The number of carbonyl (C=O) groups excluding carboxylic acids is 1. The van der Waals surface area contributed by atoms with E-state index in [0.717, 1.165) is 25.0 Å². The van der Waals surface area contributed by atoms with Crippen LogP contribution in [-0.2, 0) is 4.79 Å². The van der Waals surface area contributed by atoms with Gasteiger partial charge in [0.1, 0.15) is 6.29 Å². The van der Waals surface area contributed by atoms with Crippen molar-refractivity contribution in [1.82, 2.24) is 0 Å². The second kappa shape index (κ2) is 4.77. The van der Waals surface area contributed by atoms with Gasteiger partial charge in [-0.3, -0.25) is 0 Å². The van der Waals surface area contributed by atoms with Gasteiger partial charge in [0.05, 0.1) is 0 Å². The fraction of sp³-hybridized carbons (Fsp3) is 0.769. The number of hydrogen-bond acceptors (Lipinski definition) is 1. The van der Waals surface area contributed by atoms with E-state index in [1.165, 1.54) is 12.8 Å². The number of rotatable bonds is 4. The van der Waals surface area contributed by atoms with Gasteiger partial charge in [-0.25, -0.2) is 0 Å². The molecule has 14 heavy (non-hydrogen) atoms. The quantitative estimate of drug-likeness (QED) is 0.378. The van der Waals surface area contributed by atoms with E-state index in [1.54, 1.807) is 5.57 Å². The molecule has 1 atom stereocenters. The Morgan fingerprint density at radius 3 is 2.64 bits per heavy atom. The highest BCUT2D eigenvalue weighted by Crippen LogP contribution is 2.44. The van der Waals surface area contributed by atoms with E-state index in [9.17, 15) is 4.79 Å². The Morgan fingerprint density at radius 2 is 2.14 bits per heavy atom. The molecule has 0 spiro atoms. The molecule has 1 rings (SSSR count). The molecule has 0 saturated heterocycles. The van der Waals surface area contributed by atoms with Crippen LogP contribution in [0.25, 0.3) is 0 Å². The van der Waals surface area contributed by atoms with Crippen molar-refractivity contribution in [2.45, 2.75) is 52.9 Å². The minimum atomic E-state index is 0.496. The van der Waals surface area contributed by atoms with E-state index in [0.29, 0.717) is 11.8 Å². The van der Waals surface area contributed by atoms with Gasteiger partial charge in [-0.1, -0.05) is 32.4 Å². The zero-order valence-corrected chi connectivity index (χ0v) is 9.68. The standard InChI is InChI=1S/C13H22O/c1-11-9-13(2,3)10-12(11)7-5-4-6-8-14/h7-8,11H,4-6,9-10H2,1-3H3. The third-order valence-corrected chi connectivity index (χ3v) is 3.11. The average Bonchev–Trinajstić information content (AvgIpc) is 2.34. The van der Waals surface area contributed by atoms with Crippen LogP contribution in [0.5, 0.6) is 0 Å². The number of aldehydes is 1. The molecule has 1 unspecified atom stereocenters. The van der Waals surface area contributed by atoms with Crippen molar-refractivity contribution in [1.29, 1.82) is 0 Å². The van der Waals surface area contributed by atoms with E-state index in [-0.39, 0.29) is 0 Å². The van der Waals surface area contributed by atoms with Crippen molar-refractivity contribution in [3.8, 4) is 0 Å². The van der Waals surface area contributed by atoms with Gasteiger partial charge in [-0.15, -0.1) is 0 Å². The first-order valence-electron chi connectivity index (χ1n) is 5.68. The number of carbonyl (C=O) groups is 1. The normalized spacial score (nSPS) is 28.2. The molecule has 1 aliphatic carbocycles. The fourth-order valence-electron chi connectivity index (χ4n) is 2.52. The zero-order chi connectivity index (χ0) is 10.6. The van der Waals surface area contributed by atoms with Crippen molar-refractivity contribution in [2.24, 2.45) is 11.3 Å². The van der Waals surface area contributed by atoms with E-state index in [1.807, 2.05) is 0 Å². The summed E-state index contributed by atoms with van der Waals surface area (Å²) in [7, 11) is 0. The number of hydrogen-bond donors (Lipinski definition) is 0. The minimum Gasteiger partial charge on any atom is -0.303 e. The lowest BCUT2D eigenvalue weighted by Gasteiger charge is -2.14. The highest BCUT2D eigenvalue weighted by atomic mass is 16.1. The number of unbranched alkanes of at least 4 members (excludes halogenated alkanes) is 2. The molecule has 0 bridgehead atoms. The molecule has 1 nitrogen and oxygen atoms in total. The van der Waals surface area contributed by atoms with Crippen LogP contribution in [0.1, 0.15) is 52.9 Å². The molecule has 80 valence electrons. The summed E-state index contributed by atoms with van der Waals surface area (Å²) in [6.07, 6.45) is 8.74. The first-order valence-corrected chi connectivity index (χ1v) is 5.68. The second-order valence-corrected chi connectivity index (χ2v) is 5.32. The Balaban J connectivity index is 2.40. The maximum Gasteiger partial charge on any atom is 0.120 e. The summed E-state index contributed by atoms with van der Waals surface area (Å²) in [5.41, 5.74) is 2.11. The summed E-state index contributed by atoms with van der Waals surface area (Å²) in [6, 6.07) is 0. The Bertz CT molecular complexity index is 225. The Morgan fingerprint density at radius 1 is 1.43 bits per heavy atom. The molecule has 1 fully saturated rings. The Kier molecular flexibility index (Phi) is 3.91. The molecule has 1 aliphatic rings. The molecule has 0 aromatic heterocycles. The first-order chi connectivity index (χ1) is 6.55. The van der Waals surface area contributed by atoms with Crippen LogP contribution in [0.2, 0.25) is 0 Å². The monoisotopic (exact) mass is 194 g/mol. The van der Waals surface area contributed by atoms with Gasteiger partial charge in [-0.2, -0.15) is 0 Å². The van der Waals surface area contributed by atoms with Crippen LogP contribution < -0.4 is 0 Å². The van der Waals surface area contributed by atoms with Gasteiger partial charge in [0, 0.05) is 6.42 Å². The van der Waals surface area contributed by atoms with Crippen LogP contribution >= 0.6 is 0 Å². The molecule has 0 amide bonds.